The van der Waals surface area contributed by atoms with Gasteiger partial charge in [0.2, 0.25) is 0 Å². The van der Waals surface area contributed by atoms with Crippen LogP contribution in [0.25, 0.3) is 0 Å². The lowest BCUT2D eigenvalue weighted by Gasteiger charge is -2.16. The average molecular weight is 134 g/mol. The summed E-state index contributed by atoms with van der Waals surface area (Å²) in [4.78, 5) is 8.21. The molecule has 4 heteroatoms. The van der Waals surface area contributed by atoms with Gasteiger partial charge in [-0.25, -0.2) is 0 Å². The molecule has 1 N–H and O–H groups in total. The summed E-state index contributed by atoms with van der Waals surface area (Å²) >= 11 is 0. The average Bonchev–Trinajstić information content (AvgIpc) is 1.21. The first-order chi connectivity index (χ1) is 3.42. The Morgan fingerprint density at radius 3 is 1.88 bits per heavy atom. The zero-order chi connectivity index (χ0) is 6.78. The van der Waals surface area contributed by atoms with Crippen LogP contribution in [0.3, 0.4) is 0 Å². The molecule has 0 heterocycles. The monoisotopic (exact) mass is 134 g/mol. The molecule has 0 bridgehead atoms. The maximum Gasteiger partial charge on any atom is 0.765 e. The maximum atomic E-state index is 9.98. The first-order valence-corrected chi connectivity index (χ1v) is 3.60. The molecule has 0 aliphatic heterocycles. The van der Waals surface area contributed by atoms with E-state index < -0.39 is 14.8 Å². The predicted octanol–water partition coefficient (Wildman–Crippen LogP) is 0.209. The lowest BCUT2D eigenvalue weighted by Crippen LogP contribution is -2.24. The van der Waals surface area contributed by atoms with Gasteiger partial charge in [-0.2, -0.15) is 0 Å². The van der Waals surface area contributed by atoms with E-state index >= 15 is 0 Å². The molecule has 0 aromatic rings. The number of hydrogen-bond acceptors (Lipinski definition) is 2. The molecule has 0 rings (SSSR count). The van der Waals surface area contributed by atoms with Crippen molar-refractivity contribution in [1.82, 2.24) is 0 Å². The highest BCUT2D eigenvalue weighted by Gasteiger charge is 2.16. The van der Waals surface area contributed by atoms with E-state index in [4.69, 9.17) is 4.80 Å². The van der Waals surface area contributed by atoms with Crippen molar-refractivity contribution in [2.75, 3.05) is 0 Å². The topological polar surface area (TPSA) is 46.5 Å². The van der Waals surface area contributed by atoms with Gasteiger partial charge in [0.25, 0.3) is 0 Å². The lowest BCUT2D eigenvalue weighted by molar-refractivity contribution is 0.0876. The second kappa shape index (κ2) is 2.26. The molecular formula is C4H10O3Si. The standard InChI is InChI=1S/C4H10O3Si/c1-4(2,3)7-8(5)6/h5H,1-3H3. The molecule has 0 radical (unpaired) electrons. The van der Waals surface area contributed by atoms with Crippen molar-refractivity contribution in [2.24, 2.45) is 0 Å². The van der Waals surface area contributed by atoms with Crippen molar-refractivity contribution in [2.45, 2.75) is 26.4 Å². The molecule has 0 fully saturated rings. The van der Waals surface area contributed by atoms with E-state index in [0.717, 1.165) is 0 Å². The van der Waals surface area contributed by atoms with Crippen LogP contribution in [-0.4, -0.2) is 19.6 Å². The third-order valence-corrected chi connectivity index (χ3v) is 1.18. The lowest BCUT2D eigenvalue weighted by atomic mass is 10.2. The molecule has 8 heavy (non-hydrogen) atoms. The summed E-state index contributed by atoms with van der Waals surface area (Å²) in [6, 6.07) is 0. The van der Waals surface area contributed by atoms with Crippen molar-refractivity contribution < 1.29 is 13.7 Å². The van der Waals surface area contributed by atoms with Gasteiger partial charge < -0.3 is 9.22 Å². The van der Waals surface area contributed by atoms with Crippen LogP contribution in [0.5, 0.6) is 0 Å². The molecule has 0 aliphatic rings. The van der Waals surface area contributed by atoms with Gasteiger partial charge in [0.05, 0.1) is 5.60 Å². The first-order valence-electron chi connectivity index (χ1n) is 2.34. The summed E-state index contributed by atoms with van der Waals surface area (Å²) in [6.45, 7) is 5.18. The highest BCUT2D eigenvalue weighted by molar-refractivity contribution is 6.24. The van der Waals surface area contributed by atoms with Crippen molar-refractivity contribution in [1.29, 1.82) is 0 Å². The Bertz CT molecular complexity index is 93.9. The summed E-state index contributed by atoms with van der Waals surface area (Å²) in [5.41, 5.74) is -0.495. The Morgan fingerprint density at radius 2 is 1.88 bits per heavy atom. The highest BCUT2D eigenvalue weighted by Crippen LogP contribution is 2.04. The summed E-state index contributed by atoms with van der Waals surface area (Å²) in [5.74, 6) is 0. The predicted molar refractivity (Wildman–Crippen MR) is 29.5 cm³/mol. The van der Waals surface area contributed by atoms with Crippen LogP contribution in [-0.2, 0) is 8.89 Å². The largest absolute Gasteiger partial charge is 0.765 e. The minimum absolute atomic E-state index is 0.495. The fourth-order valence-electron chi connectivity index (χ4n) is 0.262. The van der Waals surface area contributed by atoms with Gasteiger partial charge in [0.1, 0.15) is 0 Å². The van der Waals surface area contributed by atoms with E-state index in [1.165, 1.54) is 0 Å². The summed E-state index contributed by atoms with van der Waals surface area (Å²) in [7, 11) is -2.74. The molecule has 3 nitrogen and oxygen atoms in total. The molecule has 0 saturated carbocycles. The molecule has 0 unspecified atom stereocenters. The van der Waals surface area contributed by atoms with E-state index in [0.29, 0.717) is 0 Å². The fourth-order valence-corrected chi connectivity index (χ4v) is 0.786. The minimum Gasteiger partial charge on any atom is -0.511 e. The second-order valence-corrected chi connectivity index (χ2v) is 3.22. The van der Waals surface area contributed by atoms with E-state index in [1.807, 2.05) is 0 Å². The van der Waals surface area contributed by atoms with Crippen molar-refractivity contribution in [3.63, 3.8) is 0 Å². The minimum atomic E-state index is -2.74. The molecule has 0 aliphatic carbocycles. The molecule has 0 amide bonds. The smallest absolute Gasteiger partial charge is 0.511 e. The Balaban J connectivity index is 3.55. The zero-order valence-corrected chi connectivity index (χ0v) is 6.26. The van der Waals surface area contributed by atoms with Crippen LogP contribution >= 0.6 is 0 Å². The molecule has 0 aromatic heterocycles. The van der Waals surface area contributed by atoms with Crippen molar-refractivity contribution in [3.8, 4) is 0 Å². The molecule has 0 aromatic carbocycles. The fraction of sp³-hybridized carbons (Fsp3) is 1.00. The van der Waals surface area contributed by atoms with Crippen molar-refractivity contribution >= 4 is 9.17 Å². The summed E-state index contributed by atoms with van der Waals surface area (Å²) in [6.07, 6.45) is 0. The Labute approximate surface area is 50.2 Å². The van der Waals surface area contributed by atoms with Crippen LogP contribution in [0, 0.1) is 0 Å². The van der Waals surface area contributed by atoms with Gasteiger partial charge >= 0.3 is 9.17 Å². The second-order valence-electron chi connectivity index (χ2n) is 2.48. The SMILES string of the molecule is CC(C)(C)O[Si](=O)O. The normalized spacial score (nSPS) is 10.9. The van der Waals surface area contributed by atoms with Crippen LogP contribution in [0.2, 0.25) is 0 Å². The Morgan fingerprint density at radius 1 is 1.50 bits per heavy atom. The van der Waals surface area contributed by atoms with Gasteiger partial charge in [-0.3, -0.25) is 4.46 Å². The van der Waals surface area contributed by atoms with Crippen molar-refractivity contribution in [3.05, 3.63) is 0 Å². The molecule has 0 spiro atoms. The van der Waals surface area contributed by atoms with Crippen LogP contribution in [0.4, 0.5) is 0 Å². The van der Waals surface area contributed by atoms with Gasteiger partial charge in [-0.05, 0) is 20.8 Å². The Hall–Kier alpha value is -0.383. The van der Waals surface area contributed by atoms with E-state index in [1.54, 1.807) is 20.8 Å². The van der Waals surface area contributed by atoms with Gasteiger partial charge in [0, 0.05) is 0 Å². The zero-order valence-electron chi connectivity index (χ0n) is 5.26. The third-order valence-electron chi connectivity index (χ3n) is 0.393. The summed E-state index contributed by atoms with van der Waals surface area (Å²) < 4.78 is 14.5. The molecule has 0 saturated heterocycles. The van der Waals surface area contributed by atoms with Gasteiger partial charge in [-0.1, -0.05) is 0 Å². The van der Waals surface area contributed by atoms with Crippen LogP contribution in [0.15, 0.2) is 0 Å². The number of rotatable bonds is 1. The van der Waals surface area contributed by atoms with Crippen LogP contribution < -0.4 is 0 Å². The highest BCUT2D eigenvalue weighted by atomic mass is 28.3. The maximum absolute atomic E-state index is 9.98. The molecule has 0 atom stereocenters. The van der Waals surface area contributed by atoms with Crippen LogP contribution in [0.1, 0.15) is 20.8 Å². The van der Waals surface area contributed by atoms with E-state index in [2.05, 4.69) is 4.43 Å². The Kier molecular flexibility index (Phi) is 2.15. The number of hydrogen-bond donors (Lipinski definition) is 1. The summed E-state index contributed by atoms with van der Waals surface area (Å²) in [5, 5.41) is 0. The van der Waals surface area contributed by atoms with Gasteiger partial charge in [0.15, 0.2) is 0 Å². The third kappa shape index (κ3) is 5.62. The molecular weight excluding hydrogens is 124 g/mol. The quantitative estimate of drug-likeness (QED) is 0.521. The van der Waals surface area contributed by atoms with E-state index in [9.17, 15) is 4.46 Å². The van der Waals surface area contributed by atoms with Gasteiger partial charge in [-0.15, -0.1) is 0 Å². The van der Waals surface area contributed by atoms with E-state index in [-0.39, 0.29) is 0 Å². The first kappa shape index (κ1) is 7.62. The molecule has 48 valence electrons.